The topological polar surface area (TPSA) is 66.0 Å². The van der Waals surface area contributed by atoms with Gasteiger partial charge in [0.25, 0.3) is 0 Å². The van der Waals surface area contributed by atoms with Crippen LogP contribution in [0.5, 0.6) is 23.0 Å². The Bertz CT molecular complexity index is 879. The minimum Gasteiger partial charge on any atom is -0.494 e. The third kappa shape index (κ3) is 4.36. The zero-order valence-electron chi connectivity index (χ0n) is 16.0. The fourth-order valence-corrected chi connectivity index (χ4v) is 2.86. The summed E-state index contributed by atoms with van der Waals surface area (Å²) in [7, 11) is 2.95. The van der Waals surface area contributed by atoms with Crippen molar-refractivity contribution in [2.24, 2.45) is 0 Å². The molecule has 0 saturated carbocycles. The number of rotatable bonds is 6. The van der Waals surface area contributed by atoms with Crippen LogP contribution >= 0.6 is 0 Å². The van der Waals surface area contributed by atoms with Gasteiger partial charge in [0, 0.05) is 6.08 Å². The highest BCUT2D eigenvalue weighted by Crippen LogP contribution is 2.40. The van der Waals surface area contributed by atoms with Crippen molar-refractivity contribution >= 4 is 12.0 Å². The molecular formula is C21H22FNO5. The lowest BCUT2D eigenvalue weighted by molar-refractivity contribution is -0.117. The van der Waals surface area contributed by atoms with Crippen molar-refractivity contribution in [3.05, 3.63) is 53.4 Å². The molecule has 0 spiro atoms. The zero-order chi connectivity index (χ0) is 20.1. The lowest BCUT2D eigenvalue weighted by atomic mass is 10.1. The van der Waals surface area contributed by atoms with Gasteiger partial charge in [-0.25, -0.2) is 4.39 Å². The third-order valence-electron chi connectivity index (χ3n) is 4.31. The monoisotopic (exact) mass is 387 g/mol. The number of methoxy groups -OCH3 is 2. The predicted molar refractivity (Wildman–Crippen MR) is 103 cm³/mol. The summed E-state index contributed by atoms with van der Waals surface area (Å²) in [6.45, 7) is 2.70. The molecule has 1 heterocycles. The fraction of sp³-hybridized carbons (Fsp3) is 0.286. The van der Waals surface area contributed by atoms with E-state index in [1.54, 1.807) is 38.3 Å². The number of carbonyl (C=O) groups excluding carboxylic acids is 1. The van der Waals surface area contributed by atoms with Crippen molar-refractivity contribution in [1.82, 2.24) is 5.32 Å². The van der Waals surface area contributed by atoms with Gasteiger partial charge in [0.1, 0.15) is 13.2 Å². The average molecular weight is 387 g/mol. The summed E-state index contributed by atoms with van der Waals surface area (Å²) in [5.41, 5.74) is 1.38. The number of benzene rings is 2. The Morgan fingerprint density at radius 3 is 2.61 bits per heavy atom. The molecule has 0 unspecified atom stereocenters. The molecule has 148 valence electrons. The van der Waals surface area contributed by atoms with Crippen LogP contribution in [-0.4, -0.2) is 33.3 Å². The molecule has 1 N–H and O–H groups in total. The third-order valence-corrected chi connectivity index (χ3v) is 4.31. The first-order valence-electron chi connectivity index (χ1n) is 8.81. The SMILES string of the molecule is COc1ccc([C@@H](C)NC(=O)/C=C/c2cc(OC)c3c(c2)OCCO3)cc1F. The summed E-state index contributed by atoms with van der Waals surface area (Å²) in [5, 5.41) is 2.80. The van der Waals surface area contributed by atoms with E-state index in [2.05, 4.69) is 5.32 Å². The summed E-state index contributed by atoms with van der Waals surface area (Å²) in [6.07, 6.45) is 3.05. The van der Waals surface area contributed by atoms with Gasteiger partial charge in [-0.2, -0.15) is 0 Å². The second-order valence-electron chi connectivity index (χ2n) is 6.20. The largest absolute Gasteiger partial charge is 0.494 e. The number of halogens is 1. The highest BCUT2D eigenvalue weighted by Gasteiger charge is 2.18. The Hall–Kier alpha value is -3.22. The van der Waals surface area contributed by atoms with E-state index in [-0.39, 0.29) is 17.7 Å². The Morgan fingerprint density at radius 2 is 1.89 bits per heavy atom. The van der Waals surface area contributed by atoms with Crippen LogP contribution in [0.3, 0.4) is 0 Å². The van der Waals surface area contributed by atoms with Crippen LogP contribution in [0.2, 0.25) is 0 Å². The van der Waals surface area contributed by atoms with Crippen molar-refractivity contribution in [3.63, 3.8) is 0 Å². The smallest absolute Gasteiger partial charge is 0.244 e. The number of hydrogen-bond donors (Lipinski definition) is 1. The van der Waals surface area contributed by atoms with Gasteiger partial charge in [-0.15, -0.1) is 0 Å². The van der Waals surface area contributed by atoms with Gasteiger partial charge in [0.2, 0.25) is 11.7 Å². The molecule has 2 aromatic rings. The molecule has 0 aromatic heterocycles. The molecular weight excluding hydrogens is 365 g/mol. The molecule has 3 rings (SSSR count). The Kier molecular flexibility index (Phi) is 6.03. The van der Waals surface area contributed by atoms with E-state index in [4.69, 9.17) is 18.9 Å². The normalized spacial score (nSPS) is 13.9. The number of fused-ring (bicyclic) bond motifs is 1. The van der Waals surface area contributed by atoms with Crippen molar-refractivity contribution in [2.75, 3.05) is 27.4 Å². The average Bonchev–Trinajstić information content (AvgIpc) is 2.71. The quantitative estimate of drug-likeness (QED) is 0.769. The molecule has 1 atom stereocenters. The van der Waals surface area contributed by atoms with Crippen LogP contribution in [0, 0.1) is 5.82 Å². The van der Waals surface area contributed by atoms with Crippen molar-refractivity contribution in [3.8, 4) is 23.0 Å². The lowest BCUT2D eigenvalue weighted by Crippen LogP contribution is -2.24. The van der Waals surface area contributed by atoms with Gasteiger partial charge in [-0.3, -0.25) is 4.79 Å². The van der Waals surface area contributed by atoms with Gasteiger partial charge in [0.15, 0.2) is 23.1 Å². The lowest BCUT2D eigenvalue weighted by Gasteiger charge is -2.21. The van der Waals surface area contributed by atoms with Crippen LogP contribution in [0.1, 0.15) is 24.1 Å². The van der Waals surface area contributed by atoms with Gasteiger partial charge in [0.05, 0.1) is 20.3 Å². The van der Waals surface area contributed by atoms with Crippen LogP contribution in [0.25, 0.3) is 6.08 Å². The first-order valence-corrected chi connectivity index (χ1v) is 8.81. The van der Waals surface area contributed by atoms with Gasteiger partial charge in [-0.05, 0) is 48.4 Å². The second-order valence-corrected chi connectivity index (χ2v) is 6.20. The van der Waals surface area contributed by atoms with Crippen molar-refractivity contribution in [2.45, 2.75) is 13.0 Å². The summed E-state index contributed by atoms with van der Waals surface area (Å²) < 4.78 is 35.2. The van der Waals surface area contributed by atoms with E-state index < -0.39 is 5.82 Å². The minimum absolute atomic E-state index is 0.162. The zero-order valence-corrected chi connectivity index (χ0v) is 16.0. The van der Waals surface area contributed by atoms with Crippen molar-refractivity contribution in [1.29, 1.82) is 0 Å². The van der Waals surface area contributed by atoms with Gasteiger partial charge < -0.3 is 24.3 Å². The number of amides is 1. The highest BCUT2D eigenvalue weighted by molar-refractivity contribution is 5.92. The number of carbonyl (C=O) groups is 1. The molecule has 0 saturated heterocycles. The van der Waals surface area contributed by atoms with E-state index >= 15 is 0 Å². The molecule has 6 nitrogen and oxygen atoms in total. The van der Waals surface area contributed by atoms with E-state index in [1.807, 2.05) is 0 Å². The number of ether oxygens (including phenoxy) is 4. The highest BCUT2D eigenvalue weighted by atomic mass is 19.1. The minimum atomic E-state index is -0.472. The second kappa shape index (κ2) is 8.65. The maximum atomic E-state index is 13.8. The summed E-state index contributed by atoms with van der Waals surface area (Å²) in [6, 6.07) is 7.77. The predicted octanol–water partition coefficient (Wildman–Crippen LogP) is 3.50. The van der Waals surface area contributed by atoms with Gasteiger partial charge in [-0.1, -0.05) is 6.07 Å². The Balaban J connectivity index is 1.69. The molecule has 28 heavy (non-hydrogen) atoms. The van der Waals surface area contributed by atoms with E-state index in [0.29, 0.717) is 36.0 Å². The van der Waals surface area contributed by atoms with E-state index in [0.717, 1.165) is 5.56 Å². The molecule has 1 aliphatic heterocycles. The molecule has 2 aromatic carbocycles. The standard InChI is InChI=1S/C21H22FNO5/c1-13(15-5-6-17(25-2)16(22)12-15)23-20(24)7-4-14-10-18(26-3)21-19(11-14)27-8-9-28-21/h4-7,10-13H,8-9H2,1-3H3,(H,23,24)/b7-4+/t13-/m1/s1. The molecule has 0 bridgehead atoms. The molecule has 1 amide bonds. The van der Waals surface area contributed by atoms with Gasteiger partial charge >= 0.3 is 0 Å². The number of nitrogens with one attached hydrogen (secondary N) is 1. The van der Waals surface area contributed by atoms with Crippen molar-refractivity contribution < 1.29 is 28.1 Å². The number of hydrogen-bond acceptors (Lipinski definition) is 5. The first-order chi connectivity index (χ1) is 13.5. The molecule has 7 heteroatoms. The molecule has 0 fully saturated rings. The molecule has 0 aliphatic carbocycles. The maximum absolute atomic E-state index is 13.8. The van der Waals surface area contributed by atoms with E-state index in [1.165, 1.54) is 25.3 Å². The van der Waals surface area contributed by atoms with E-state index in [9.17, 15) is 9.18 Å². The molecule has 0 radical (unpaired) electrons. The van der Waals surface area contributed by atoms with Crippen LogP contribution in [-0.2, 0) is 4.79 Å². The first kappa shape index (κ1) is 19.5. The summed E-state index contributed by atoms with van der Waals surface area (Å²) in [5.74, 6) is 1.06. The van der Waals surface area contributed by atoms with Crippen LogP contribution in [0.4, 0.5) is 4.39 Å². The Labute approximate surface area is 162 Å². The van der Waals surface area contributed by atoms with Crippen LogP contribution < -0.4 is 24.3 Å². The molecule has 1 aliphatic rings. The summed E-state index contributed by atoms with van der Waals surface area (Å²) >= 11 is 0. The van der Waals surface area contributed by atoms with Crippen LogP contribution in [0.15, 0.2) is 36.4 Å². The fourth-order valence-electron chi connectivity index (χ4n) is 2.86. The summed E-state index contributed by atoms with van der Waals surface area (Å²) in [4.78, 5) is 12.2. The Morgan fingerprint density at radius 1 is 1.14 bits per heavy atom. The maximum Gasteiger partial charge on any atom is 0.244 e.